The van der Waals surface area contributed by atoms with Gasteiger partial charge >= 0.3 is 0 Å². The number of halogens is 3. The summed E-state index contributed by atoms with van der Waals surface area (Å²) in [5, 5.41) is 6.07. The van der Waals surface area contributed by atoms with Crippen LogP contribution in [0.2, 0.25) is 0 Å². The topological polar surface area (TPSA) is 114 Å². The normalized spacial score (nSPS) is 21.3. The number of sulfonamides is 1. The highest BCUT2D eigenvalue weighted by Gasteiger charge is 2.44. The number of nitrogens with two attached hydrogens (primary N) is 1. The van der Waals surface area contributed by atoms with E-state index in [1.165, 1.54) is 24.3 Å². The molecule has 0 aliphatic carbocycles. The van der Waals surface area contributed by atoms with Crippen molar-refractivity contribution in [3.63, 3.8) is 0 Å². The Morgan fingerprint density at radius 3 is 2.42 bits per heavy atom. The standard InChI is InChI=1S/C33H39F3N4O4S/c1-22-20-38-21-26(40(22)45(42,43)27-8-3-2-4-9-27)7-5-10-28-29(36)11-6-12-30(28)39-32(41)31(37)33(13-15-44-16-14-33)23-17-24(34)19-25(35)18-23/h2-4,6,8-9,11-12,17-19,22,26,31,38H,5,7,10,13-16,20-21,37H2,1H3,(H,39,41)/t22-,26-,31+/m0/s1. The molecular weight excluding hydrogens is 605 g/mol. The van der Waals surface area contributed by atoms with Gasteiger partial charge in [-0.1, -0.05) is 24.3 Å². The molecule has 0 bridgehead atoms. The zero-order chi connectivity index (χ0) is 32.2. The number of benzene rings is 3. The summed E-state index contributed by atoms with van der Waals surface area (Å²) in [5.41, 5.74) is 6.23. The molecule has 0 spiro atoms. The van der Waals surface area contributed by atoms with Crippen LogP contribution in [0.3, 0.4) is 0 Å². The van der Waals surface area contributed by atoms with Crippen LogP contribution >= 0.6 is 0 Å². The van der Waals surface area contributed by atoms with Gasteiger partial charge < -0.3 is 21.1 Å². The Morgan fingerprint density at radius 2 is 1.73 bits per heavy atom. The largest absolute Gasteiger partial charge is 0.381 e. The fraction of sp³-hybridized carbons (Fsp3) is 0.424. The Balaban J connectivity index is 1.32. The number of anilines is 1. The van der Waals surface area contributed by atoms with Gasteiger partial charge in [0.05, 0.1) is 10.9 Å². The van der Waals surface area contributed by atoms with E-state index in [9.17, 15) is 22.0 Å². The van der Waals surface area contributed by atoms with E-state index in [0.717, 1.165) is 6.07 Å². The minimum atomic E-state index is -3.75. The lowest BCUT2D eigenvalue weighted by Crippen LogP contribution is -2.58. The van der Waals surface area contributed by atoms with Crippen LogP contribution in [0.25, 0.3) is 0 Å². The van der Waals surface area contributed by atoms with Gasteiger partial charge in [-0.25, -0.2) is 21.6 Å². The van der Waals surface area contributed by atoms with Crippen molar-refractivity contribution < 1.29 is 31.1 Å². The predicted molar refractivity (Wildman–Crippen MR) is 166 cm³/mol. The molecule has 3 atom stereocenters. The first-order chi connectivity index (χ1) is 21.5. The van der Waals surface area contributed by atoms with Crippen molar-refractivity contribution in [3.8, 4) is 0 Å². The van der Waals surface area contributed by atoms with Crippen molar-refractivity contribution in [2.45, 2.75) is 67.5 Å². The second-order valence-corrected chi connectivity index (χ2v) is 13.7. The van der Waals surface area contributed by atoms with E-state index in [1.807, 2.05) is 6.92 Å². The fourth-order valence-electron chi connectivity index (χ4n) is 6.64. The molecule has 45 heavy (non-hydrogen) atoms. The molecule has 8 nitrogen and oxygen atoms in total. The number of rotatable bonds is 10. The van der Waals surface area contributed by atoms with Crippen LogP contribution in [0.15, 0.2) is 71.6 Å². The molecule has 3 aromatic carbocycles. The number of carbonyl (C=O) groups is 1. The first-order valence-corrected chi connectivity index (χ1v) is 16.6. The molecular formula is C33H39F3N4O4S. The Labute approximate surface area is 262 Å². The molecule has 2 aliphatic rings. The summed E-state index contributed by atoms with van der Waals surface area (Å²) in [6.45, 7) is 3.35. The van der Waals surface area contributed by atoms with E-state index in [1.54, 1.807) is 40.7 Å². The van der Waals surface area contributed by atoms with Crippen molar-refractivity contribution in [1.29, 1.82) is 0 Å². The van der Waals surface area contributed by atoms with Gasteiger partial charge in [-0.05, 0) is 81.0 Å². The molecule has 242 valence electrons. The van der Waals surface area contributed by atoms with Gasteiger partial charge in [-0.15, -0.1) is 0 Å². The van der Waals surface area contributed by atoms with Crippen LogP contribution in [0.4, 0.5) is 18.9 Å². The average molecular weight is 645 g/mol. The number of nitrogens with one attached hydrogen (secondary N) is 2. The molecule has 4 N–H and O–H groups in total. The molecule has 12 heteroatoms. The zero-order valence-corrected chi connectivity index (χ0v) is 26.0. The average Bonchev–Trinajstić information content (AvgIpc) is 3.02. The van der Waals surface area contributed by atoms with Crippen molar-refractivity contribution in [3.05, 3.63) is 95.3 Å². The van der Waals surface area contributed by atoms with Crippen LogP contribution in [0, 0.1) is 17.5 Å². The number of hydrogen-bond donors (Lipinski definition) is 3. The van der Waals surface area contributed by atoms with Crippen LogP contribution in [0.5, 0.6) is 0 Å². The number of carbonyl (C=O) groups excluding carboxylic acids is 1. The smallest absolute Gasteiger partial charge is 0.243 e. The van der Waals surface area contributed by atoms with Crippen molar-refractivity contribution >= 4 is 21.6 Å². The van der Waals surface area contributed by atoms with E-state index < -0.39 is 44.8 Å². The molecule has 1 amide bonds. The Bertz CT molecular complexity index is 1580. The third-order valence-corrected chi connectivity index (χ3v) is 11.1. The number of piperazine rings is 1. The molecule has 2 fully saturated rings. The summed E-state index contributed by atoms with van der Waals surface area (Å²) >= 11 is 0. The molecule has 2 heterocycles. The summed E-state index contributed by atoms with van der Waals surface area (Å²) in [6, 6.07) is 14.0. The number of hydrogen-bond acceptors (Lipinski definition) is 6. The maximum Gasteiger partial charge on any atom is 0.243 e. The molecule has 2 saturated heterocycles. The number of nitrogens with zero attached hydrogens (tertiary/aromatic N) is 1. The summed E-state index contributed by atoms with van der Waals surface area (Å²) in [6.07, 6.45) is 1.68. The second kappa shape index (κ2) is 14.0. The summed E-state index contributed by atoms with van der Waals surface area (Å²) in [7, 11) is -3.75. The van der Waals surface area contributed by atoms with Crippen LogP contribution in [-0.4, -0.2) is 63.1 Å². The van der Waals surface area contributed by atoms with Crippen LogP contribution in [-0.2, 0) is 31.4 Å². The summed E-state index contributed by atoms with van der Waals surface area (Å²) < 4.78 is 77.8. The maximum atomic E-state index is 15.2. The summed E-state index contributed by atoms with van der Waals surface area (Å²) in [4.78, 5) is 13.8. The lowest BCUT2D eigenvalue weighted by Gasteiger charge is -2.41. The Hall–Kier alpha value is -3.29. The van der Waals surface area contributed by atoms with Gasteiger partial charge in [0.2, 0.25) is 15.9 Å². The van der Waals surface area contributed by atoms with Gasteiger partial charge in [-0.3, -0.25) is 4.79 Å². The van der Waals surface area contributed by atoms with Gasteiger partial charge in [0, 0.05) is 61.1 Å². The van der Waals surface area contributed by atoms with E-state index in [2.05, 4.69) is 10.6 Å². The zero-order valence-electron chi connectivity index (χ0n) is 25.1. The van der Waals surface area contributed by atoms with Crippen molar-refractivity contribution in [1.82, 2.24) is 9.62 Å². The van der Waals surface area contributed by atoms with Crippen LogP contribution < -0.4 is 16.4 Å². The lowest BCUT2D eigenvalue weighted by molar-refractivity contribution is -0.120. The minimum absolute atomic E-state index is 0.225. The van der Waals surface area contributed by atoms with Crippen molar-refractivity contribution in [2.75, 3.05) is 31.6 Å². The fourth-order valence-corrected chi connectivity index (χ4v) is 8.50. The van der Waals surface area contributed by atoms with Gasteiger partial charge in [-0.2, -0.15) is 4.31 Å². The Morgan fingerprint density at radius 1 is 1.04 bits per heavy atom. The first-order valence-electron chi connectivity index (χ1n) is 15.2. The monoisotopic (exact) mass is 644 g/mol. The van der Waals surface area contributed by atoms with E-state index >= 15 is 4.39 Å². The highest BCUT2D eigenvalue weighted by atomic mass is 32.2. The van der Waals surface area contributed by atoms with E-state index in [-0.39, 0.29) is 66.3 Å². The minimum Gasteiger partial charge on any atom is -0.381 e. The van der Waals surface area contributed by atoms with E-state index in [0.29, 0.717) is 25.9 Å². The molecule has 0 unspecified atom stereocenters. The highest BCUT2D eigenvalue weighted by Crippen LogP contribution is 2.39. The third kappa shape index (κ3) is 7.10. The van der Waals surface area contributed by atoms with Gasteiger partial charge in [0.15, 0.2) is 0 Å². The first kappa shape index (κ1) is 33.1. The number of amides is 1. The second-order valence-electron chi connectivity index (χ2n) is 11.9. The van der Waals surface area contributed by atoms with Crippen molar-refractivity contribution in [2.24, 2.45) is 5.73 Å². The number of ether oxygens (including phenoxy) is 1. The predicted octanol–water partition coefficient (Wildman–Crippen LogP) is 4.49. The maximum absolute atomic E-state index is 15.2. The SMILES string of the molecule is C[C@H]1CNC[C@H](CCCc2c(F)cccc2NC(=O)[C@@H](N)C2(c3cc(F)cc(F)c3)CCOCC2)N1S(=O)(=O)c1ccccc1. The molecule has 0 radical (unpaired) electrons. The third-order valence-electron chi connectivity index (χ3n) is 8.97. The molecule has 0 aromatic heterocycles. The highest BCUT2D eigenvalue weighted by molar-refractivity contribution is 7.89. The molecule has 3 aromatic rings. The molecule has 0 saturated carbocycles. The Kier molecular flexibility index (Phi) is 10.3. The molecule has 2 aliphatic heterocycles. The molecule has 5 rings (SSSR count). The van der Waals surface area contributed by atoms with E-state index in [4.69, 9.17) is 10.5 Å². The van der Waals surface area contributed by atoms with Gasteiger partial charge in [0.1, 0.15) is 17.5 Å². The quantitative estimate of drug-likeness (QED) is 0.300. The lowest BCUT2D eigenvalue weighted by atomic mass is 9.68. The van der Waals surface area contributed by atoms with Crippen LogP contribution in [0.1, 0.15) is 43.7 Å². The summed E-state index contributed by atoms with van der Waals surface area (Å²) in [5.74, 6) is -2.67. The van der Waals surface area contributed by atoms with Gasteiger partial charge in [0.25, 0.3) is 0 Å².